The molecule has 5 nitrogen and oxygen atoms in total. The number of rotatable bonds is 7. The number of benzene rings is 1. The molecule has 1 aromatic heterocycles. The molecule has 2 aliphatic heterocycles. The molecular formula is C23H31N3O2. The summed E-state index contributed by atoms with van der Waals surface area (Å²) in [5.74, 6) is 1.02. The van der Waals surface area contributed by atoms with Gasteiger partial charge in [0.25, 0.3) is 0 Å². The van der Waals surface area contributed by atoms with Gasteiger partial charge in [-0.05, 0) is 56.6 Å². The van der Waals surface area contributed by atoms with Crippen LogP contribution in [-0.4, -0.2) is 60.3 Å². The molecular weight excluding hydrogens is 350 g/mol. The second kappa shape index (κ2) is 9.03. The lowest BCUT2D eigenvalue weighted by molar-refractivity contribution is -0.116. The number of ether oxygens (including phenoxy) is 2. The lowest BCUT2D eigenvalue weighted by Crippen LogP contribution is -2.60. The normalized spacial score (nSPS) is 24.1. The average Bonchev–Trinajstić information content (AvgIpc) is 2.71. The van der Waals surface area contributed by atoms with E-state index in [4.69, 9.17) is 9.47 Å². The van der Waals surface area contributed by atoms with Crippen molar-refractivity contribution in [2.45, 2.75) is 44.5 Å². The van der Waals surface area contributed by atoms with Gasteiger partial charge in [-0.1, -0.05) is 18.2 Å². The fourth-order valence-corrected chi connectivity index (χ4v) is 4.62. The van der Waals surface area contributed by atoms with E-state index in [0.717, 1.165) is 31.9 Å². The fourth-order valence-electron chi connectivity index (χ4n) is 4.62. The van der Waals surface area contributed by atoms with Gasteiger partial charge in [0.05, 0.1) is 18.8 Å². The number of piperidine rings is 1. The summed E-state index contributed by atoms with van der Waals surface area (Å²) in [7, 11) is 1.83. The summed E-state index contributed by atoms with van der Waals surface area (Å²) >= 11 is 0. The minimum atomic E-state index is 0.290. The summed E-state index contributed by atoms with van der Waals surface area (Å²) in [4.78, 5) is 9.36. The van der Waals surface area contributed by atoms with Crippen molar-refractivity contribution in [2.24, 2.45) is 0 Å². The number of pyridine rings is 1. The Morgan fingerprint density at radius 2 is 1.82 bits per heavy atom. The van der Waals surface area contributed by atoms with Crippen LogP contribution in [0.5, 0.6) is 5.75 Å². The SMILES string of the molecule is CCOc1ccccc1CN1CCC(N2C[C@H](OC)[C@@H]2c2ccncc2)CC1. The molecule has 0 radical (unpaired) electrons. The molecule has 3 heterocycles. The highest BCUT2D eigenvalue weighted by molar-refractivity contribution is 5.33. The maximum Gasteiger partial charge on any atom is 0.123 e. The van der Waals surface area contributed by atoms with Crippen LogP contribution < -0.4 is 4.74 Å². The summed E-state index contributed by atoms with van der Waals surface area (Å²) in [6.07, 6.45) is 6.47. The molecule has 2 saturated heterocycles. The van der Waals surface area contributed by atoms with E-state index in [2.05, 4.69) is 51.2 Å². The second-order valence-electron chi connectivity index (χ2n) is 7.74. The van der Waals surface area contributed by atoms with Crippen molar-refractivity contribution in [1.82, 2.24) is 14.8 Å². The van der Waals surface area contributed by atoms with Gasteiger partial charge in [0.15, 0.2) is 0 Å². The molecule has 0 N–H and O–H groups in total. The van der Waals surface area contributed by atoms with Crippen molar-refractivity contribution in [3.63, 3.8) is 0 Å². The van der Waals surface area contributed by atoms with Crippen LogP contribution in [0.3, 0.4) is 0 Å². The number of nitrogens with zero attached hydrogens (tertiary/aromatic N) is 3. The number of hydrogen-bond donors (Lipinski definition) is 0. The Hall–Kier alpha value is -1.95. The summed E-state index contributed by atoms with van der Waals surface area (Å²) < 4.78 is 11.5. The Morgan fingerprint density at radius 1 is 1.07 bits per heavy atom. The number of hydrogen-bond acceptors (Lipinski definition) is 5. The molecule has 28 heavy (non-hydrogen) atoms. The topological polar surface area (TPSA) is 37.8 Å². The Balaban J connectivity index is 1.35. The highest BCUT2D eigenvalue weighted by atomic mass is 16.5. The molecule has 2 fully saturated rings. The largest absolute Gasteiger partial charge is 0.494 e. The molecule has 5 heteroatoms. The van der Waals surface area contributed by atoms with Crippen molar-refractivity contribution < 1.29 is 9.47 Å². The van der Waals surface area contributed by atoms with Crippen LogP contribution in [0.25, 0.3) is 0 Å². The Kier molecular flexibility index (Phi) is 6.25. The highest BCUT2D eigenvalue weighted by Gasteiger charge is 2.44. The third-order valence-corrected chi connectivity index (χ3v) is 6.14. The molecule has 4 rings (SSSR count). The molecule has 2 atom stereocenters. The van der Waals surface area contributed by atoms with Crippen LogP contribution >= 0.6 is 0 Å². The van der Waals surface area contributed by atoms with Crippen LogP contribution in [0, 0.1) is 0 Å². The fraction of sp³-hybridized carbons (Fsp3) is 0.522. The Morgan fingerprint density at radius 3 is 2.54 bits per heavy atom. The molecule has 0 unspecified atom stereocenters. The first-order chi connectivity index (χ1) is 13.8. The molecule has 2 aromatic rings. The zero-order valence-corrected chi connectivity index (χ0v) is 17.0. The average molecular weight is 382 g/mol. The molecule has 1 aromatic carbocycles. The first-order valence-corrected chi connectivity index (χ1v) is 10.4. The number of aromatic nitrogens is 1. The highest BCUT2D eigenvalue weighted by Crippen LogP contribution is 2.39. The van der Waals surface area contributed by atoms with Crippen LogP contribution in [0.2, 0.25) is 0 Å². The Labute approximate surface area is 168 Å². The molecule has 0 saturated carbocycles. The van der Waals surface area contributed by atoms with E-state index >= 15 is 0 Å². The summed E-state index contributed by atoms with van der Waals surface area (Å²) in [6.45, 7) is 7.01. The number of methoxy groups -OCH3 is 1. The maximum absolute atomic E-state index is 5.80. The minimum absolute atomic E-state index is 0.290. The van der Waals surface area contributed by atoms with Gasteiger partial charge < -0.3 is 9.47 Å². The van der Waals surface area contributed by atoms with E-state index in [0.29, 0.717) is 24.8 Å². The van der Waals surface area contributed by atoms with E-state index in [1.807, 2.05) is 26.4 Å². The van der Waals surface area contributed by atoms with Gasteiger partial charge in [-0.2, -0.15) is 0 Å². The van der Waals surface area contributed by atoms with Crippen LogP contribution in [0.1, 0.15) is 36.9 Å². The predicted octanol–water partition coefficient (Wildman–Crippen LogP) is 3.52. The van der Waals surface area contributed by atoms with Gasteiger partial charge in [0.2, 0.25) is 0 Å². The lowest BCUT2D eigenvalue weighted by Gasteiger charge is -2.53. The molecule has 150 valence electrons. The third-order valence-electron chi connectivity index (χ3n) is 6.14. The van der Waals surface area contributed by atoms with Crippen LogP contribution in [0.4, 0.5) is 0 Å². The van der Waals surface area contributed by atoms with E-state index in [9.17, 15) is 0 Å². The first kappa shape index (κ1) is 19.4. The van der Waals surface area contributed by atoms with Crippen molar-refractivity contribution in [3.05, 3.63) is 59.9 Å². The minimum Gasteiger partial charge on any atom is -0.494 e. The first-order valence-electron chi connectivity index (χ1n) is 10.4. The lowest BCUT2D eigenvalue weighted by atomic mass is 9.87. The van der Waals surface area contributed by atoms with Crippen molar-refractivity contribution in [3.8, 4) is 5.75 Å². The molecule has 0 amide bonds. The Bertz CT molecular complexity index is 747. The summed E-state index contributed by atoms with van der Waals surface area (Å²) in [5.41, 5.74) is 2.61. The van der Waals surface area contributed by atoms with Crippen molar-refractivity contribution in [1.29, 1.82) is 0 Å². The van der Waals surface area contributed by atoms with Gasteiger partial charge in [-0.3, -0.25) is 14.8 Å². The van der Waals surface area contributed by atoms with Gasteiger partial charge in [0, 0.05) is 44.2 Å². The predicted molar refractivity (Wildman–Crippen MR) is 110 cm³/mol. The van der Waals surface area contributed by atoms with Crippen LogP contribution in [-0.2, 0) is 11.3 Å². The smallest absolute Gasteiger partial charge is 0.123 e. The van der Waals surface area contributed by atoms with Crippen LogP contribution in [0.15, 0.2) is 48.8 Å². The van der Waals surface area contributed by atoms with E-state index in [1.165, 1.54) is 24.0 Å². The number of likely N-dealkylation sites (tertiary alicyclic amines) is 2. The van der Waals surface area contributed by atoms with Crippen molar-refractivity contribution in [2.75, 3.05) is 33.4 Å². The van der Waals surface area contributed by atoms with E-state index in [1.54, 1.807) is 0 Å². The monoisotopic (exact) mass is 381 g/mol. The molecule has 2 aliphatic rings. The van der Waals surface area contributed by atoms with E-state index < -0.39 is 0 Å². The number of para-hydroxylation sites is 1. The van der Waals surface area contributed by atoms with Gasteiger partial charge in [0.1, 0.15) is 5.75 Å². The zero-order chi connectivity index (χ0) is 19.3. The summed E-state index contributed by atoms with van der Waals surface area (Å²) in [5, 5.41) is 0. The van der Waals surface area contributed by atoms with E-state index in [-0.39, 0.29) is 0 Å². The second-order valence-corrected chi connectivity index (χ2v) is 7.74. The zero-order valence-electron chi connectivity index (χ0n) is 17.0. The van der Waals surface area contributed by atoms with Gasteiger partial charge in [-0.25, -0.2) is 0 Å². The quantitative estimate of drug-likeness (QED) is 0.734. The summed E-state index contributed by atoms with van der Waals surface area (Å²) in [6, 6.07) is 13.7. The molecule has 0 aliphatic carbocycles. The maximum atomic E-state index is 5.80. The molecule has 0 spiro atoms. The van der Waals surface area contributed by atoms with Crippen molar-refractivity contribution >= 4 is 0 Å². The standard InChI is InChI=1S/C23H31N3O2/c1-3-28-21-7-5-4-6-19(21)16-25-14-10-20(11-15-25)26-17-22(27-2)23(26)18-8-12-24-13-9-18/h4-9,12-13,20,22-23H,3,10-11,14-17H2,1-2H3/t22-,23-/m0/s1. The van der Waals surface area contributed by atoms with Gasteiger partial charge >= 0.3 is 0 Å². The third kappa shape index (κ3) is 4.07. The molecule has 0 bridgehead atoms. The van der Waals surface area contributed by atoms with Gasteiger partial charge in [-0.15, -0.1) is 0 Å².